The van der Waals surface area contributed by atoms with Crippen molar-refractivity contribution in [3.63, 3.8) is 0 Å². The van der Waals surface area contributed by atoms with Crippen molar-refractivity contribution in [1.29, 1.82) is 0 Å². The van der Waals surface area contributed by atoms with Gasteiger partial charge in [-0.05, 0) is 24.8 Å². The molecule has 1 saturated heterocycles. The van der Waals surface area contributed by atoms with E-state index in [9.17, 15) is 12.8 Å². The highest BCUT2D eigenvalue weighted by atomic mass is 32.2. The molecule has 1 aliphatic rings. The summed E-state index contributed by atoms with van der Waals surface area (Å²) in [5, 5.41) is 9.13. The first-order valence-corrected chi connectivity index (χ1v) is 8.06. The smallest absolute Gasteiger partial charge is 0.279 e. The molecule has 0 bridgehead atoms. The Labute approximate surface area is 118 Å². The van der Waals surface area contributed by atoms with Gasteiger partial charge in [-0.2, -0.15) is 17.4 Å². The minimum Gasteiger partial charge on any atom is -0.396 e. The maximum absolute atomic E-state index is 13.4. The SMILES string of the molecule is O=S(=O)(NCc1ccccc1F)N1CCCC(CO)C1. The number of rotatable bonds is 5. The van der Waals surface area contributed by atoms with Crippen molar-refractivity contribution in [3.05, 3.63) is 35.6 Å². The van der Waals surface area contributed by atoms with Crippen molar-refractivity contribution in [2.45, 2.75) is 19.4 Å². The van der Waals surface area contributed by atoms with E-state index in [1.165, 1.54) is 10.4 Å². The molecule has 0 spiro atoms. The molecule has 0 amide bonds. The average Bonchev–Trinajstić information content (AvgIpc) is 2.46. The molecule has 1 fully saturated rings. The highest BCUT2D eigenvalue weighted by molar-refractivity contribution is 7.87. The molecule has 5 nitrogen and oxygen atoms in total. The summed E-state index contributed by atoms with van der Waals surface area (Å²) in [5.74, 6) is -0.448. The molecule has 112 valence electrons. The summed E-state index contributed by atoms with van der Waals surface area (Å²) >= 11 is 0. The first kappa shape index (κ1) is 15.4. The van der Waals surface area contributed by atoms with E-state index in [4.69, 9.17) is 5.11 Å². The second-order valence-electron chi connectivity index (χ2n) is 4.97. The number of hydrogen-bond acceptors (Lipinski definition) is 3. The second kappa shape index (κ2) is 6.62. The summed E-state index contributed by atoms with van der Waals surface area (Å²) in [6.45, 7) is 0.654. The van der Waals surface area contributed by atoms with Crippen molar-refractivity contribution >= 4 is 10.2 Å². The van der Waals surface area contributed by atoms with Crippen molar-refractivity contribution < 1.29 is 17.9 Å². The number of nitrogens with one attached hydrogen (secondary N) is 1. The highest BCUT2D eigenvalue weighted by Crippen LogP contribution is 2.18. The third kappa shape index (κ3) is 3.76. The third-order valence-corrected chi connectivity index (χ3v) is 5.00. The zero-order chi connectivity index (χ0) is 14.6. The Balaban J connectivity index is 1.99. The van der Waals surface area contributed by atoms with Crippen molar-refractivity contribution in [1.82, 2.24) is 9.03 Å². The predicted molar refractivity (Wildman–Crippen MR) is 73.5 cm³/mol. The summed E-state index contributed by atoms with van der Waals surface area (Å²) < 4.78 is 41.5. The maximum Gasteiger partial charge on any atom is 0.279 e. The lowest BCUT2D eigenvalue weighted by molar-refractivity contribution is 0.164. The van der Waals surface area contributed by atoms with E-state index in [-0.39, 0.29) is 19.1 Å². The van der Waals surface area contributed by atoms with E-state index < -0.39 is 16.0 Å². The molecule has 1 atom stereocenters. The third-order valence-electron chi connectivity index (χ3n) is 3.48. The van der Waals surface area contributed by atoms with E-state index in [0.717, 1.165) is 12.8 Å². The second-order valence-corrected chi connectivity index (χ2v) is 6.72. The Bertz CT molecular complexity index is 550. The van der Waals surface area contributed by atoms with Gasteiger partial charge in [-0.3, -0.25) is 0 Å². The van der Waals surface area contributed by atoms with E-state index in [0.29, 0.717) is 18.7 Å². The Morgan fingerprint density at radius 1 is 1.40 bits per heavy atom. The van der Waals surface area contributed by atoms with Crippen LogP contribution in [0.15, 0.2) is 24.3 Å². The van der Waals surface area contributed by atoms with Crippen LogP contribution >= 0.6 is 0 Å². The molecule has 0 aromatic heterocycles. The fourth-order valence-corrected chi connectivity index (χ4v) is 3.59. The van der Waals surface area contributed by atoms with Crippen LogP contribution in [0, 0.1) is 11.7 Å². The van der Waals surface area contributed by atoms with Crippen LogP contribution in [-0.2, 0) is 16.8 Å². The van der Waals surface area contributed by atoms with Crippen molar-refractivity contribution in [2.24, 2.45) is 5.92 Å². The normalized spacial score (nSPS) is 21.0. The molecule has 1 aliphatic heterocycles. The van der Waals surface area contributed by atoms with Crippen molar-refractivity contribution in [3.8, 4) is 0 Å². The Kier molecular flexibility index (Phi) is 5.09. The van der Waals surface area contributed by atoms with Crippen LogP contribution in [0.5, 0.6) is 0 Å². The first-order chi connectivity index (χ1) is 9.53. The lowest BCUT2D eigenvalue weighted by Gasteiger charge is -2.30. The lowest BCUT2D eigenvalue weighted by Crippen LogP contribution is -2.46. The molecule has 0 saturated carbocycles. The maximum atomic E-state index is 13.4. The van der Waals surface area contributed by atoms with Crippen LogP contribution in [0.2, 0.25) is 0 Å². The number of aliphatic hydroxyl groups is 1. The van der Waals surface area contributed by atoms with Crippen LogP contribution in [-0.4, -0.2) is 37.5 Å². The van der Waals surface area contributed by atoms with Gasteiger partial charge in [0.25, 0.3) is 10.2 Å². The van der Waals surface area contributed by atoms with Gasteiger partial charge in [0, 0.05) is 31.8 Å². The monoisotopic (exact) mass is 302 g/mol. The number of halogens is 1. The quantitative estimate of drug-likeness (QED) is 0.848. The van der Waals surface area contributed by atoms with Gasteiger partial charge in [0.15, 0.2) is 0 Å². The molecular weight excluding hydrogens is 283 g/mol. The number of nitrogens with zero attached hydrogens (tertiary/aromatic N) is 1. The van der Waals surface area contributed by atoms with Crippen LogP contribution in [0.4, 0.5) is 4.39 Å². The minimum absolute atomic E-state index is 0.0146. The van der Waals surface area contributed by atoms with Gasteiger partial charge in [0.1, 0.15) is 5.82 Å². The summed E-state index contributed by atoms with van der Waals surface area (Å²) in [6.07, 6.45) is 1.56. The topological polar surface area (TPSA) is 69.6 Å². The van der Waals surface area contributed by atoms with Gasteiger partial charge >= 0.3 is 0 Å². The summed E-state index contributed by atoms with van der Waals surface area (Å²) in [7, 11) is -3.64. The lowest BCUT2D eigenvalue weighted by atomic mass is 10.0. The van der Waals surface area contributed by atoms with E-state index >= 15 is 0 Å². The molecule has 20 heavy (non-hydrogen) atoms. The molecule has 1 unspecified atom stereocenters. The number of piperidine rings is 1. The van der Waals surface area contributed by atoms with E-state index in [1.54, 1.807) is 18.2 Å². The molecule has 0 radical (unpaired) electrons. The largest absolute Gasteiger partial charge is 0.396 e. The van der Waals surface area contributed by atoms with E-state index in [2.05, 4.69) is 4.72 Å². The average molecular weight is 302 g/mol. The summed E-state index contributed by atoms with van der Waals surface area (Å²) in [4.78, 5) is 0. The molecule has 2 rings (SSSR count). The molecule has 0 aliphatic carbocycles. The summed E-state index contributed by atoms with van der Waals surface area (Å²) in [6, 6.07) is 6.07. The Morgan fingerprint density at radius 3 is 2.85 bits per heavy atom. The van der Waals surface area contributed by atoms with Gasteiger partial charge in [-0.25, -0.2) is 4.39 Å². The van der Waals surface area contributed by atoms with Gasteiger partial charge in [-0.15, -0.1) is 0 Å². The van der Waals surface area contributed by atoms with Gasteiger partial charge < -0.3 is 5.11 Å². The van der Waals surface area contributed by atoms with Crippen molar-refractivity contribution in [2.75, 3.05) is 19.7 Å². The minimum atomic E-state index is -3.64. The Hall–Kier alpha value is -1.02. The van der Waals surface area contributed by atoms with Crippen LogP contribution < -0.4 is 4.72 Å². The van der Waals surface area contributed by atoms with Gasteiger partial charge in [-0.1, -0.05) is 18.2 Å². The molecule has 1 aromatic rings. The summed E-state index contributed by atoms with van der Waals surface area (Å²) in [5.41, 5.74) is 0.312. The zero-order valence-electron chi connectivity index (χ0n) is 11.1. The van der Waals surface area contributed by atoms with Gasteiger partial charge in [0.05, 0.1) is 0 Å². The van der Waals surface area contributed by atoms with Crippen LogP contribution in [0.25, 0.3) is 0 Å². The molecule has 7 heteroatoms. The molecule has 1 heterocycles. The molecule has 1 aromatic carbocycles. The predicted octanol–water partition coefficient (Wildman–Crippen LogP) is 0.864. The standard InChI is InChI=1S/C13H19FN2O3S/c14-13-6-2-1-5-12(13)8-15-20(18,19)16-7-3-4-11(9-16)10-17/h1-2,5-6,11,15,17H,3-4,7-10H2. The van der Waals surface area contributed by atoms with E-state index in [1.807, 2.05) is 0 Å². The molecule has 2 N–H and O–H groups in total. The first-order valence-electron chi connectivity index (χ1n) is 6.62. The molecular formula is C13H19FN2O3S. The van der Waals surface area contributed by atoms with Gasteiger partial charge in [0.2, 0.25) is 0 Å². The van der Waals surface area contributed by atoms with Crippen LogP contribution in [0.1, 0.15) is 18.4 Å². The highest BCUT2D eigenvalue weighted by Gasteiger charge is 2.28. The number of benzene rings is 1. The fourth-order valence-electron chi connectivity index (χ4n) is 2.30. The number of hydrogen-bond donors (Lipinski definition) is 2. The zero-order valence-corrected chi connectivity index (χ0v) is 11.9. The number of aliphatic hydroxyl groups excluding tert-OH is 1. The Morgan fingerprint density at radius 2 is 2.15 bits per heavy atom. The fraction of sp³-hybridized carbons (Fsp3) is 0.538. The van der Waals surface area contributed by atoms with Crippen LogP contribution in [0.3, 0.4) is 0 Å².